The van der Waals surface area contributed by atoms with E-state index in [2.05, 4.69) is 28.9 Å². The van der Waals surface area contributed by atoms with Crippen LogP contribution in [0, 0.1) is 0 Å². The van der Waals surface area contributed by atoms with Crippen molar-refractivity contribution in [3.63, 3.8) is 0 Å². The van der Waals surface area contributed by atoms with Crippen LogP contribution in [0.5, 0.6) is 0 Å². The highest BCUT2D eigenvalue weighted by atomic mass is 16.5. The smallest absolute Gasteiger partial charge is 0.243 e. The molecule has 0 amide bonds. The van der Waals surface area contributed by atoms with E-state index in [-0.39, 0.29) is 12.1 Å². The first-order valence-corrected chi connectivity index (χ1v) is 6.56. The second kappa shape index (κ2) is 5.77. The van der Waals surface area contributed by atoms with Crippen LogP contribution in [0.15, 0.2) is 4.52 Å². The molecule has 0 spiro atoms. The summed E-state index contributed by atoms with van der Waals surface area (Å²) >= 11 is 0. The molecule has 1 fully saturated rings. The monoisotopic (exact) mass is 254 g/mol. The number of morpholine rings is 1. The molecular formula is C12H22N4O2. The Kier molecular flexibility index (Phi) is 4.31. The van der Waals surface area contributed by atoms with Gasteiger partial charge in [-0.05, 0) is 20.3 Å². The largest absolute Gasteiger partial charge is 0.367 e. The number of ether oxygens (including phenoxy) is 1. The Morgan fingerprint density at radius 2 is 2.28 bits per heavy atom. The number of hydrogen-bond donors (Lipinski definition) is 1. The van der Waals surface area contributed by atoms with E-state index in [1.54, 1.807) is 0 Å². The third kappa shape index (κ3) is 2.88. The lowest BCUT2D eigenvalue weighted by molar-refractivity contribution is -0.0450. The van der Waals surface area contributed by atoms with Gasteiger partial charge in [0.25, 0.3) is 0 Å². The highest BCUT2D eigenvalue weighted by Crippen LogP contribution is 2.22. The summed E-state index contributed by atoms with van der Waals surface area (Å²) in [4.78, 5) is 6.70. The fourth-order valence-corrected chi connectivity index (χ4v) is 2.00. The van der Waals surface area contributed by atoms with Gasteiger partial charge < -0.3 is 15.0 Å². The standard InChI is InChI=1S/C12H22N4O2/c1-4-9(13)12-14-11(15-18-12)10-7-16(8(2)3)5-6-17-10/h8-10H,4-7,13H2,1-3H3. The maximum atomic E-state index is 5.87. The third-order valence-corrected chi connectivity index (χ3v) is 3.33. The zero-order chi connectivity index (χ0) is 13.1. The van der Waals surface area contributed by atoms with Gasteiger partial charge in [-0.25, -0.2) is 0 Å². The van der Waals surface area contributed by atoms with Gasteiger partial charge in [-0.3, -0.25) is 4.90 Å². The average Bonchev–Trinajstić information content (AvgIpc) is 2.87. The van der Waals surface area contributed by atoms with Gasteiger partial charge in [0.2, 0.25) is 11.7 Å². The Balaban J connectivity index is 2.04. The first-order chi connectivity index (χ1) is 8.61. The van der Waals surface area contributed by atoms with Crippen LogP contribution in [0.25, 0.3) is 0 Å². The lowest BCUT2D eigenvalue weighted by Gasteiger charge is -2.34. The molecule has 18 heavy (non-hydrogen) atoms. The molecule has 6 heteroatoms. The second-order valence-corrected chi connectivity index (χ2v) is 4.95. The van der Waals surface area contributed by atoms with E-state index in [1.807, 2.05) is 6.92 Å². The molecule has 2 unspecified atom stereocenters. The van der Waals surface area contributed by atoms with Crippen molar-refractivity contribution in [3.05, 3.63) is 11.7 Å². The lowest BCUT2D eigenvalue weighted by Crippen LogP contribution is -2.42. The number of nitrogens with two attached hydrogens (primary N) is 1. The second-order valence-electron chi connectivity index (χ2n) is 4.95. The predicted molar refractivity (Wildman–Crippen MR) is 66.9 cm³/mol. The van der Waals surface area contributed by atoms with E-state index in [0.29, 0.717) is 24.4 Å². The molecule has 1 aromatic rings. The first-order valence-electron chi connectivity index (χ1n) is 6.56. The van der Waals surface area contributed by atoms with Crippen molar-refractivity contribution >= 4 is 0 Å². The zero-order valence-electron chi connectivity index (χ0n) is 11.3. The van der Waals surface area contributed by atoms with Crippen molar-refractivity contribution in [2.45, 2.75) is 45.4 Å². The summed E-state index contributed by atoms with van der Waals surface area (Å²) in [6.45, 7) is 8.80. The summed E-state index contributed by atoms with van der Waals surface area (Å²) < 4.78 is 10.9. The fraction of sp³-hybridized carbons (Fsp3) is 0.833. The lowest BCUT2D eigenvalue weighted by atomic mass is 10.2. The molecule has 2 heterocycles. The zero-order valence-corrected chi connectivity index (χ0v) is 11.3. The molecular weight excluding hydrogens is 232 g/mol. The molecule has 1 aromatic heterocycles. The van der Waals surface area contributed by atoms with Gasteiger partial charge in [0.1, 0.15) is 6.10 Å². The van der Waals surface area contributed by atoms with Crippen LogP contribution in [0.4, 0.5) is 0 Å². The molecule has 0 saturated carbocycles. The van der Waals surface area contributed by atoms with Crippen LogP contribution in [-0.4, -0.2) is 40.8 Å². The molecule has 102 valence electrons. The van der Waals surface area contributed by atoms with Gasteiger partial charge >= 0.3 is 0 Å². The molecule has 0 radical (unpaired) electrons. The van der Waals surface area contributed by atoms with Crippen LogP contribution in [0.1, 0.15) is 51.1 Å². The van der Waals surface area contributed by atoms with Crippen molar-refractivity contribution in [1.29, 1.82) is 0 Å². The predicted octanol–water partition coefficient (Wildman–Crippen LogP) is 1.26. The van der Waals surface area contributed by atoms with E-state index in [9.17, 15) is 0 Å². The van der Waals surface area contributed by atoms with Crippen LogP contribution in [-0.2, 0) is 4.74 Å². The average molecular weight is 254 g/mol. The highest BCUT2D eigenvalue weighted by molar-refractivity contribution is 4.97. The summed E-state index contributed by atoms with van der Waals surface area (Å²) in [7, 11) is 0. The molecule has 2 N–H and O–H groups in total. The van der Waals surface area contributed by atoms with Crippen molar-refractivity contribution in [1.82, 2.24) is 15.0 Å². The van der Waals surface area contributed by atoms with E-state index in [4.69, 9.17) is 15.0 Å². The molecule has 2 atom stereocenters. The van der Waals surface area contributed by atoms with Crippen LogP contribution >= 0.6 is 0 Å². The Bertz CT molecular complexity index is 380. The number of rotatable bonds is 4. The normalized spacial score (nSPS) is 23.5. The minimum atomic E-state index is -0.184. The minimum Gasteiger partial charge on any atom is -0.367 e. The van der Waals surface area contributed by atoms with Gasteiger partial charge in [0, 0.05) is 19.1 Å². The van der Waals surface area contributed by atoms with Crippen LogP contribution < -0.4 is 5.73 Å². The third-order valence-electron chi connectivity index (χ3n) is 3.33. The summed E-state index contributed by atoms with van der Waals surface area (Å²) in [5, 5.41) is 3.98. The topological polar surface area (TPSA) is 77.4 Å². The Labute approximate surface area is 107 Å². The van der Waals surface area contributed by atoms with Crippen LogP contribution in [0.2, 0.25) is 0 Å². The van der Waals surface area contributed by atoms with Gasteiger partial charge in [0.15, 0.2) is 0 Å². The van der Waals surface area contributed by atoms with E-state index < -0.39 is 0 Å². The Hall–Kier alpha value is -0.980. The number of hydrogen-bond acceptors (Lipinski definition) is 6. The summed E-state index contributed by atoms with van der Waals surface area (Å²) in [5.41, 5.74) is 5.87. The molecule has 6 nitrogen and oxygen atoms in total. The van der Waals surface area contributed by atoms with E-state index in [1.165, 1.54) is 0 Å². The molecule has 1 saturated heterocycles. The van der Waals surface area contributed by atoms with Crippen molar-refractivity contribution in [2.75, 3.05) is 19.7 Å². The van der Waals surface area contributed by atoms with Gasteiger partial charge in [-0.15, -0.1) is 0 Å². The minimum absolute atomic E-state index is 0.109. The van der Waals surface area contributed by atoms with E-state index >= 15 is 0 Å². The molecule has 2 rings (SSSR count). The SMILES string of the molecule is CCC(N)c1nc(C2CN(C(C)C)CCO2)no1. The van der Waals surface area contributed by atoms with E-state index in [0.717, 1.165) is 19.5 Å². The maximum Gasteiger partial charge on any atom is 0.243 e. The number of nitrogens with zero attached hydrogens (tertiary/aromatic N) is 3. The first kappa shape index (κ1) is 13.5. The fourth-order valence-electron chi connectivity index (χ4n) is 2.00. The molecule has 1 aliphatic heterocycles. The quantitative estimate of drug-likeness (QED) is 0.871. The van der Waals surface area contributed by atoms with Crippen molar-refractivity contribution in [3.8, 4) is 0 Å². The number of aromatic nitrogens is 2. The van der Waals surface area contributed by atoms with Gasteiger partial charge in [-0.1, -0.05) is 12.1 Å². The summed E-state index contributed by atoms with van der Waals surface area (Å²) in [6, 6.07) is 0.316. The maximum absolute atomic E-state index is 5.87. The highest BCUT2D eigenvalue weighted by Gasteiger charge is 2.27. The van der Waals surface area contributed by atoms with Crippen molar-refractivity contribution < 1.29 is 9.26 Å². The van der Waals surface area contributed by atoms with Crippen LogP contribution in [0.3, 0.4) is 0 Å². The summed E-state index contributed by atoms with van der Waals surface area (Å²) in [6.07, 6.45) is 0.674. The molecule has 1 aliphatic rings. The summed E-state index contributed by atoms with van der Waals surface area (Å²) in [5.74, 6) is 1.11. The molecule has 0 aromatic carbocycles. The van der Waals surface area contributed by atoms with Gasteiger partial charge in [-0.2, -0.15) is 4.98 Å². The van der Waals surface area contributed by atoms with Gasteiger partial charge in [0.05, 0.1) is 12.6 Å². The Morgan fingerprint density at radius 3 is 2.94 bits per heavy atom. The molecule has 0 aliphatic carbocycles. The molecule has 0 bridgehead atoms. The van der Waals surface area contributed by atoms with Crippen molar-refractivity contribution in [2.24, 2.45) is 5.73 Å². The Morgan fingerprint density at radius 1 is 1.50 bits per heavy atom.